The van der Waals surface area contributed by atoms with E-state index >= 15 is 0 Å². The number of rotatable bonds is 2. The van der Waals surface area contributed by atoms with Gasteiger partial charge < -0.3 is 0 Å². The third-order valence-corrected chi connectivity index (χ3v) is 0.893. The summed E-state index contributed by atoms with van der Waals surface area (Å²) >= 11 is 0. The maximum absolute atomic E-state index is 3.98. The summed E-state index contributed by atoms with van der Waals surface area (Å²) in [7, 11) is 0. The molecule has 1 aliphatic heterocycles. The van der Waals surface area contributed by atoms with Gasteiger partial charge in [-0.05, 0) is 0 Å². The molecule has 0 aromatic heterocycles. The molecule has 1 aliphatic rings. The largest absolute Gasteiger partial charge is 0.300 e. The molecule has 0 aromatic carbocycles. The highest BCUT2D eigenvalue weighted by Crippen LogP contribution is 1.83. The second kappa shape index (κ2) is 2.31. The zero-order valence-corrected chi connectivity index (χ0v) is 4.59. The molecule has 1 heterocycles. The molecule has 0 aliphatic carbocycles. The Balaban J connectivity index is 2.39. The second-order valence-corrected chi connectivity index (χ2v) is 1.53. The number of nitrogens with zero attached hydrogens (tertiary/aromatic N) is 1. The molecule has 0 saturated heterocycles. The van der Waals surface area contributed by atoms with Crippen molar-refractivity contribution in [2.45, 2.75) is 6.42 Å². The van der Waals surface area contributed by atoms with Gasteiger partial charge in [0.2, 0.25) is 0 Å². The lowest BCUT2D eigenvalue weighted by atomic mass is 10.4. The molecule has 0 atom stereocenters. The number of nitrogens with one attached hydrogen (secondary N) is 1. The minimum atomic E-state index is 0.826. The third kappa shape index (κ3) is 0.964. The van der Waals surface area contributed by atoms with Gasteiger partial charge >= 0.3 is 0 Å². The smallest absolute Gasteiger partial charge is 0.244 e. The number of hydrogen-bond acceptors (Lipinski definition) is 2. The topological polar surface area (TPSA) is 26.1 Å². The van der Waals surface area contributed by atoms with Gasteiger partial charge in [-0.2, -0.15) is 0 Å². The zero-order valence-electron chi connectivity index (χ0n) is 4.59. The number of amidine groups is 1. The van der Waals surface area contributed by atoms with Gasteiger partial charge in [0.1, 0.15) is 6.20 Å². The molecule has 0 bridgehead atoms. The average Bonchev–Trinajstić information content (AvgIpc) is 2.19. The molecule has 2 heteroatoms. The van der Waals surface area contributed by atoms with Gasteiger partial charge in [0.25, 0.3) is 5.84 Å². The minimum absolute atomic E-state index is 0.826. The van der Waals surface area contributed by atoms with Gasteiger partial charge in [0.15, 0.2) is 6.20 Å². The molecule has 0 unspecified atom stereocenters. The van der Waals surface area contributed by atoms with Crippen LogP contribution in [-0.2, 0) is 0 Å². The lowest BCUT2D eigenvalue weighted by Crippen LogP contribution is -2.14. The Morgan fingerprint density at radius 2 is 2.75 bits per heavy atom. The lowest BCUT2D eigenvalue weighted by Gasteiger charge is -1.80. The summed E-state index contributed by atoms with van der Waals surface area (Å²) < 4.78 is 0. The molecular weight excluding hydrogens is 100 g/mol. The van der Waals surface area contributed by atoms with Gasteiger partial charge in [-0.25, -0.2) is 5.32 Å². The summed E-state index contributed by atoms with van der Waals surface area (Å²) in [6.45, 7) is 3.58. The van der Waals surface area contributed by atoms with Gasteiger partial charge in [-0.1, -0.05) is 11.1 Å². The van der Waals surface area contributed by atoms with E-state index in [2.05, 4.69) is 16.9 Å². The van der Waals surface area contributed by atoms with Crippen LogP contribution < -0.4 is 10.3 Å². The summed E-state index contributed by atoms with van der Waals surface area (Å²) in [6, 6.07) is 0. The first kappa shape index (κ1) is 5.09. The molecule has 2 nitrogen and oxygen atoms in total. The molecule has 0 fully saturated rings. The second-order valence-electron chi connectivity index (χ2n) is 1.53. The Morgan fingerprint density at radius 3 is 3.25 bits per heavy atom. The van der Waals surface area contributed by atoms with Crippen molar-refractivity contribution in [2.75, 3.05) is 0 Å². The summed E-state index contributed by atoms with van der Waals surface area (Å²) in [6.07, 6.45) is 6.18. The molecule has 1 N–H and O–H groups in total. The predicted molar refractivity (Wildman–Crippen MR) is 34.2 cm³/mol. The first-order valence-electron chi connectivity index (χ1n) is 2.52. The number of hydrogen-bond donors (Lipinski definition) is 1. The van der Waals surface area contributed by atoms with Crippen molar-refractivity contribution in [2.24, 2.45) is 0 Å². The highest BCUT2D eigenvalue weighted by Gasteiger charge is 2.06. The normalized spacial score (nSPS) is 15.2. The number of aliphatic imine (C=N–C) groups is 1. The highest BCUT2D eigenvalue weighted by atomic mass is 15.0. The van der Waals surface area contributed by atoms with Crippen LogP contribution in [0.5, 0.6) is 0 Å². The molecule has 1 radical (unpaired) electrons. The van der Waals surface area contributed by atoms with E-state index in [0.717, 1.165) is 12.3 Å². The maximum Gasteiger partial charge on any atom is 0.300 e. The van der Waals surface area contributed by atoms with Crippen LogP contribution >= 0.6 is 0 Å². The molecule has 0 spiro atoms. The SMILES string of the molecule is C=CCC1=[N+]C=CN1. The monoisotopic (exact) mass is 108 g/mol. The van der Waals surface area contributed by atoms with Crippen molar-refractivity contribution in [1.29, 1.82) is 0 Å². The Hall–Kier alpha value is -1.05. The molecule has 0 amide bonds. The van der Waals surface area contributed by atoms with Crippen molar-refractivity contribution in [3.8, 4) is 0 Å². The van der Waals surface area contributed by atoms with Crippen molar-refractivity contribution in [3.05, 3.63) is 25.1 Å². The van der Waals surface area contributed by atoms with Crippen molar-refractivity contribution in [3.63, 3.8) is 0 Å². The molecular formula is C6H8N2+. The van der Waals surface area contributed by atoms with Crippen LogP contribution in [0.3, 0.4) is 0 Å². The molecule has 41 valence electrons. The van der Waals surface area contributed by atoms with E-state index in [9.17, 15) is 0 Å². The van der Waals surface area contributed by atoms with Gasteiger partial charge in [-0.3, -0.25) is 0 Å². The first-order chi connectivity index (χ1) is 3.93. The lowest BCUT2D eigenvalue weighted by molar-refractivity contribution is 1.22. The minimum Gasteiger partial charge on any atom is -0.244 e. The van der Waals surface area contributed by atoms with Crippen molar-refractivity contribution >= 4 is 5.84 Å². The molecule has 0 saturated carbocycles. The van der Waals surface area contributed by atoms with Crippen LogP contribution in [0.25, 0.3) is 0 Å². The van der Waals surface area contributed by atoms with Crippen LogP contribution in [0.4, 0.5) is 0 Å². The fourth-order valence-electron chi connectivity index (χ4n) is 0.546. The Bertz CT molecular complexity index is 145. The van der Waals surface area contributed by atoms with Crippen LogP contribution in [0, 0.1) is 0 Å². The fraction of sp³-hybridized carbons (Fsp3) is 0.167. The molecule has 0 aromatic rings. The van der Waals surface area contributed by atoms with Crippen molar-refractivity contribution < 1.29 is 0 Å². The third-order valence-electron chi connectivity index (χ3n) is 0.893. The fourth-order valence-corrected chi connectivity index (χ4v) is 0.546. The highest BCUT2D eigenvalue weighted by molar-refractivity contribution is 5.85. The predicted octanol–water partition coefficient (Wildman–Crippen LogP) is 0.371. The van der Waals surface area contributed by atoms with E-state index in [1.165, 1.54) is 0 Å². The van der Waals surface area contributed by atoms with E-state index < -0.39 is 0 Å². The van der Waals surface area contributed by atoms with Crippen LogP contribution in [0.2, 0.25) is 0 Å². The first-order valence-corrected chi connectivity index (χ1v) is 2.52. The summed E-state index contributed by atoms with van der Waals surface area (Å²) in [5, 5.41) is 2.96. The van der Waals surface area contributed by atoms with E-state index in [-0.39, 0.29) is 0 Å². The van der Waals surface area contributed by atoms with Gasteiger partial charge in [-0.15, -0.1) is 6.58 Å². The van der Waals surface area contributed by atoms with Crippen LogP contribution in [0.1, 0.15) is 6.42 Å². The standard InChI is InChI=1S/C6H8N2/c1-2-3-6-7-4-5-8-6/h2,4-5,7H,1,3H2/q+1. The van der Waals surface area contributed by atoms with E-state index in [4.69, 9.17) is 0 Å². The van der Waals surface area contributed by atoms with E-state index in [0.29, 0.717) is 0 Å². The summed E-state index contributed by atoms with van der Waals surface area (Å²) in [4.78, 5) is 3.98. The molecule has 1 rings (SSSR count). The Morgan fingerprint density at radius 1 is 1.88 bits per heavy atom. The van der Waals surface area contributed by atoms with Crippen LogP contribution in [-0.4, -0.2) is 5.84 Å². The van der Waals surface area contributed by atoms with E-state index in [1.54, 1.807) is 12.4 Å². The van der Waals surface area contributed by atoms with Crippen LogP contribution in [0.15, 0.2) is 25.1 Å². The average molecular weight is 108 g/mol. The molecule has 8 heavy (non-hydrogen) atoms. The van der Waals surface area contributed by atoms with Gasteiger partial charge in [0, 0.05) is 0 Å². The van der Waals surface area contributed by atoms with E-state index in [1.807, 2.05) is 6.08 Å². The Kier molecular flexibility index (Phi) is 1.47. The quantitative estimate of drug-likeness (QED) is 0.508. The Labute approximate surface area is 48.6 Å². The maximum atomic E-state index is 3.98. The summed E-state index contributed by atoms with van der Waals surface area (Å²) in [5.74, 6) is 0.972. The summed E-state index contributed by atoms with van der Waals surface area (Å²) in [5.41, 5.74) is 0. The van der Waals surface area contributed by atoms with Gasteiger partial charge in [0.05, 0.1) is 6.42 Å². The van der Waals surface area contributed by atoms with Crippen molar-refractivity contribution in [1.82, 2.24) is 10.3 Å². The zero-order chi connectivity index (χ0) is 5.82.